The minimum atomic E-state index is -0.469. The Morgan fingerprint density at radius 1 is 1.18 bits per heavy atom. The Labute approximate surface area is 136 Å². The van der Waals surface area contributed by atoms with Crippen molar-refractivity contribution in [2.45, 2.75) is 0 Å². The van der Waals surface area contributed by atoms with Gasteiger partial charge in [0.2, 0.25) is 0 Å². The number of halogens is 3. The smallest absolute Gasteiger partial charge is 0.277 e. The molecule has 0 aromatic heterocycles. The Hall–Kier alpha value is -2.11. The van der Waals surface area contributed by atoms with Crippen molar-refractivity contribution in [3.8, 4) is 5.75 Å². The third-order valence-electron chi connectivity index (χ3n) is 2.57. The highest BCUT2D eigenvalue weighted by molar-refractivity contribution is 6.38. The fraction of sp³-hybridized carbons (Fsp3) is 0.0667. The summed E-state index contributed by atoms with van der Waals surface area (Å²) in [6.07, 6.45) is 1.35. The maximum atomic E-state index is 12.7. The normalized spacial score (nSPS) is 10.7. The van der Waals surface area contributed by atoms with Crippen LogP contribution in [0.4, 0.5) is 4.39 Å². The predicted octanol–water partition coefficient (Wildman–Crippen LogP) is 3.66. The standard InChI is InChI=1S/C15H11Cl2FN2O2/c16-13-2-1-3-14(17)12(13)8-19-20-15(21)9-22-11-6-4-10(18)5-7-11/h1-8H,9H2,(H,20,21). The van der Waals surface area contributed by atoms with Crippen LogP contribution in [0.3, 0.4) is 0 Å². The van der Waals surface area contributed by atoms with E-state index >= 15 is 0 Å². The molecule has 114 valence electrons. The molecule has 7 heteroatoms. The molecule has 22 heavy (non-hydrogen) atoms. The molecule has 0 saturated carbocycles. The zero-order chi connectivity index (χ0) is 15.9. The van der Waals surface area contributed by atoms with Gasteiger partial charge in [0.1, 0.15) is 11.6 Å². The lowest BCUT2D eigenvalue weighted by Gasteiger charge is -2.05. The third kappa shape index (κ3) is 4.72. The molecule has 0 fully saturated rings. The number of nitrogens with one attached hydrogen (secondary N) is 1. The molecule has 0 bridgehead atoms. The molecule has 2 aromatic rings. The van der Waals surface area contributed by atoms with Gasteiger partial charge in [-0.15, -0.1) is 0 Å². The van der Waals surface area contributed by atoms with E-state index in [1.807, 2.05) is 0 Å². The van der Waals surface area contributed by atoms with E-state index in [9.17, 15) is 9.18 Å². The van der Waals surface area contributed by atoms with Crippen LogP contribution in [-0.2, 0) is 4.79 Å². The number of hydrogen-bond acceptors (Lipinski definition) is 3. The maximum absolute atomic E-state index is 12.7. The summed E-state index contributed by atoms with van der Waals surface area (Å²) in [7, 11) is 0. The molecular weight excluding hydrogens is 330 g/mol. The number of rotatable bonds is 5. The topological polar surface area (TPSA) is 50.7 Å². The van der Waals surface area contributed by atoms with E-state index in [1.165, 1.54) is 30.5 Å². The first-order valence-corrected chi connectivity index (χ1v) is 6.96. The van der Waals surface area contributed by atoms with Crippen molar-refractivity contribution >= 4 is 35.3 Å². The number of hydrazone groups is 1. The fourth-order valence-electron chi connectivity index (χ4n) is 1.51. The van der Waals surface area contributed by atoms with Crippen LogP contribution in [0.5, 0.6) is 5.75 Å². The molecule has 0 aliphatic heterocycles. The molecule has 0 atom stereocenters. The highest BCUT2D eigenvalue weighted by atomic mass is 35.5. The van der Waals surface area contributed by atoms with Crippen molar-refractivity contribution in [3.63, 3.8) is 0 Å². The van der Waals surface area contributed by atoms with E-state index in [0.29, 0.717) is 21.4 Å². The van der Waals surface area contributed by atoms with Gasteiger partial charge >= 0.3 is 0 Å². The Morgan fingerprint density at radius 3 is 2.45 bits per heavy atom. The maximum Gasteiger partial charge on any atom is 0.277 e. The Bertz CT molecular complexity index is 670. The molecule has 4 nitrogen and oxygen atoms in total. The number of amides is 1. The zero-order valence-corrected chi connectivity index (χ0v) is 12.7. The highest BCUT2D eigenvalue weighted by Gasteiger charge is 2.04. The second-order valence-corrected chi connectivity index (χ2v) is 4.99. The number of ether oxygens (including phenoxy) is 1. The fourth-order valence-corrected chi connectivity index (χ4v) is 2.01. The van der Waals surface area contributed by atoms with Crippen LogP contribution in [0, 0.1) is 5.82 Å². The second-order valence-electron chi connectivity index (χ2n) is 4.17. The molecule has 0 spiro atoms. The summed E-state index contributed by atoms with van der Waals surface area (Å²) < 4.78 is 17.9. The van der Waals surface area contributed by atoms with Gasteiger partial charge in [0.25, 0.3) is 5.91 Å². The first-order chi connectivity index (χ1) is 10.6. The average Bonchev–Trinajstić information content (AvgIpc) is 2.50. The average molecular weight is 341 g/mol. The van der Waals surface area contributed by atoms with Gasteiger partial charge in [-0.2, -0.15) is 5.10 Å². The summed E-state index contributed by atoms with van der Waals surface area (Å²) in [5, 5.41) is 4.60. The molecule has 1 N–H and O–H groups in total. The zero-order valence-electron chi connectivity index (χ0n) is 11.2. The lowest BCUT2D eigenvalue weighted by Crippen LogP contribution is -2.24. The van der Waals surface area contributed by atoms with E-state index in [-0.39, 0.29) is 12.4 Å². The van der Waals surface area contributed by atoms with Gasteiger partial charge < -0.3 is 4.74 Å². The van der Waals surface area contributed by atoms with Crippen LogP contribution in [0.25, 0.3) is 0 Å². The molecule has 1 amide bonds. The van der Waals surface area contributed by atoms with Crippen molar-refractivity contribution < 1.29 is 13.9 Å². The van der Waals surface area contributed by atoms with Crippen molar-refractivity contribution in [1.82, 2.24) is 5.43 Å². The van der Waals surface area contributed by atoms with Gasteiger partial charge in [-0.05, 0) is 36.4 Å². The van der Waals surface area contributed by atoms with Crippen LogP contribution in [-0.4, -0.2) is 18.7 Å². The summed E-state index contributed by atoms with van der Waals surface area (Å²) >= 11 is 11.9. The van der Waals surface area contributed by atoms with Crippen LogP contribution >= 0.6 is 23.2 Å². The first-order valence-electron chi connectivity index (χ1n) is 6.20. The third-order valence-corrected chi connectivity index (χ3v) is 3.23. The van der Waals surface area contributed by atoms with Gasteiger partial charge in [-0.1, -0.05) is 29.3 Å². The summed E-state index contributed by atoms with van der Waals surface area (Å²) in [4.78, 5) is 11.6. The lowest BCUT2D eigenvalue weighted by atomic mass is 10.2. The Balaban J connectivity index is 1.85. The summed E-state index contributed by atoms with van der Waals surface area (Å²) in [5.41, 5.74) is 2.79. The first kappa shape index (κ1) is 16.3. The second kappa shape index (κ2) is 7.77. The number of hydrogen-bond donors (Lipinski definition) is 1. The van der Waals surface area contributed by atoms with E-state index in [4.69, 9.17) is 27.9 Å². The Morgan fingerprint density at radius 2 is 1.82 bits per heavy atom. The molecule has 0 heterocycles. The summed E-state index contributed by atoms with van der Waals surface area (Å²) in [6.45, 7) is -0.251. The molecule has 0 radical (unpaired) electrons. The highest BCUT2D eigenvalue weighted by Crippen LogP contribution is 2.21. The number of benzene rings is 2. The van der Waals surface area contributed by atoms with E-state index in [0.717, 1.165) is 0 Å². The van der Waals surface area contributed by atoms with Crippen molar-refractivity contribution in [2.75, 3.05) is 6.61 Å². The molecule has 2 aromatic carbocycles. The van der Waals surface area contributed by atoms with Crippen LogP contribution in [0.1, 0.15) is 5.56 Å². The van der Waals surface area contributed by atoms with Gasteiger partial charge in [0.15, 0.2) is 6.61 Å². The van der Waals surface area contributed by atoms with E-state index < -0.39 is 5.91 Å². The Kier molecular flexibility index (Phi) is 5.75. The van der Waals surface area contributed by atoms with Gasteiger partial charge in [-0.25, -0.2) is 9.82 Å². The van der Waals surface area contributed by atoms with E-state index in [1.54, 1.807) is 18.2 Å². The van der Waals surface area contributed by atoms with Gasteiger partial charge in [0, 0.05) is 5.56 Å². The molecule has 0 unspecified atom stereocenters. The quantitative estimate of drug-likeness (QED) is 0.667. The van der Waals surface area contributed by atoms with Crippen LogP contribution in [0.15, 0.2) is 47.6 Å². The minimum absolute atomic E-state index is 0.251. The number of carbonyl (C=O) groups excluding carboxylic acids is 1. The van der Waals surface area contributed by atoms with Crippen molar-refractivity contribution in [3.05, 3.63) is 63.9 Å². The van der Waals surface area contributed by atoms with E-state index in [2.05, 4.69) is 10.5 Å². The van der Waals surface area contributed by atoms with Crippen LogP contribution in [0.2, 0.25) is 10.0 Å². The predicted molar refractivity (Wildman–Crippen MR) is 84.1 cm³/mol. The van der Waals surface area contributed by atoms with Crippen LogP contribution < -0.4 is 10.2 Å². The molecule has 0 aliphatic carbocycles. The van der Waals surface area contributed by atoms with Crippen molar-refractivity contribution in [1.29, 1.82) is 0 Å². The SMILES string of the molecule is O=C(COc1ccc(F)cc1)NN=Cc1c(Cl)cccc1Cl. The van der Waals surface area contributed by atoms with Gasteiger partial charge in [-0.3, -0.25) is 4.79 Å². The summed E-state index contributed by atoms with van der Waals surface area (Å²) in [6, 6.07) is 10.4. The molecule has 0 saturated heterocycles. The largest absolute Gasteiger partial charge is 0.484 e. The molecule has 2 rings (SSSR count). The molecule has 0 aliphatic rings. The summed E-state index contributed by atoms with van der Waals surface area (Å²) in [5.74, 6) is -0.462. The minimum Gasteiger partial charge on any atom is -0.484 e. The monoisotopic (exact) mass is 340 g/mol. The number of carbonyl (C=O) groups is 1. The lowest BCUT2D eigenvalue weighted by molar-refractivity contribution is -0.123. The number of nitrogens with zero attached hydrogens (tertiary/aromatic N) is 1. The van der Waals surface area contributed by atoms with Gasteiger partial charge in [0.05, 0.1) is 16.3 Å². The van der Waals surface area contributed by atoms with Crippen molar-refractivity contribution in [2.24, 2.45) is 5.10 Å². The molecular formula is C15H11Cl2FN2O2.